The molecule has 2 heterocycles. The van der Waals surface area contributed by atoms with Crippen LogP contribution in [0.3, 0.4) is 0 Å². The number of fused-ring (bicyclic) bond motifs is 2. The van der Waals surface area contributed by atoms with E-state index in [0.29, 0.717) is 31.6 Å². The highest BCUT2D eigenvalue weighted by Gasteiger charge is 2.42. The van der Waals surface area contributed by atoms with Gasteiger partial charge < -0.3 is 19.7 Å². The number of allylic oxidation sites excluding steroid dienone is 2. The highest BCUT2D eigenvalue weighted by molar-refractivity contribution is 7.18. The van der Waals surface area contributed by atoms with Crippen molar-refractivity contribution >= 4 is 39.4 Å². The summed E-state index contributed by atoms with van der Waals surface area (Å²) in [5.74, 6) is 0.0317. The number of phenolic OH excluding ortho intramolecular Hbond substituents is 1. The molecule has 7 nitrogen and oxygen atoms in total. The van der Waals surface area contributed by atoms with Gasteiger partial charge in [-0.25, -0.2) is 4.79 Å². The fourth-order valence-corrected chi connectivity index (χ4v) is 6.04. The number of para-hydroxylation sites is 1. The first-order valence-electron chi connectivity index (χ1n) is 12.3. The van der Waals surface area contributed by atoms with E-state index >= 15 is 0 Å². The third-order valence-electron chi connectivity index (χ3n) is 7.41. The Morgan fingerprint density at radius 2 is 2.00 bits per heavy atom. The van der Waals surface area contributed by atoms with Gasteiger partial charge in [-0.15, -0.1) is 0 Å². The van der Waals surface area contributed by atoms with Gasteiger partial charge >= 0.3 is 5.97 Å². The lowest BCUT2D eigenvalue weighted by Crippen LogP contribution is -2.46. The van der Waals surface area contributed by atoms with E-state index in [1.807, 2.05) is 45.0 Å². The van der Waals surface area contributed by atoms with Gasteiger partial charge in [-0.3, -0.25) is 4.79 Å². The van der Waals surface area contributed by atoms with Crippen LogP contribution < -0.4 is 14.4 Å². The van der Waals surface area contributed by atoms with E-state index < -0.39 is 11.6 Å². The number of aryl methyl sites for hydroxylation is 1. The van der Waals surface area contributed by atoms with Gasteiger partial charge in [0.15, 0.2) is 12.3 Å². The van der Waals surface area contributed by atoms with Crippen molar-refractivity contribution in [1.82, 2.24) is 0 Å². The van der Waals surface area contributed by atoms with Crippen LogP contribution in [-0.4, -0.2) is 29.1 Å². The van der Waals surface area contributed by atoms with Crippen LogP contribution in [0.25, 0.3) is 16.3 Å². The van der Waals surface area contributed by atoms with Gasteiger partial charge in [-0.2, -0.15) is 4.57 Å². The monoisotopic (exact) mass is 519 g/mol. The van der Waals surface area contributed by atoms with Crippen molar-refractivity contribution in [2.75, 3.05) is 6.61 Å². The molecule has 5 rings (SSSR count). The van der Waals surface area contributed by atoms with Gasteiger partial charge in [0.05, 0.1) is 6.61 Å². The first-order chi connectivity index (χ1) is 17.6. The molecule has 0 saturated carbocycles. The van der Waals surface area contributed by atoms with Crippen molar-refractivity contribution in [3.05, 3.63) is 68.9 Å². The molecule has 8 heteroatoms. The molecule has 37 heavy (non-hydrogen) atoms. The SMILES string of the molecule is Cc1c(C)c2c(c(C)c1O)CCC(C)(C(=O)OCCC[n+]1c(/C=C3\C(=O)C=C3[O-])sc3ccccc31)O2. The summed E-state index contributed by atoms with van der Waals surface area (Å²) in [6.45, 7) is 8.12. The number of hydrogen-bond acceptors (Lipinski definition) is 7. The molecule has 1 atom stereocenters. The molecule has 1 aliphatic heterocycles. The Bertz CT molecular complexity index is 1510. The van der Waals surface area contributed by atoms with Crippen LogP contribution in [0, 0.1) is 20.8 Å². The molecule has 1 unspecified atom stereocenters. The van der Waals surface area contributed by atoms with Gasteiger partial charge in [0, 0.05) is 36.1 Å². The van der Waals surface area contributed by atoms with E-state index in [1.54, 1.807) is 13.0 Å². The third kappa shape index (κ3) is 4.29. The summed E-state index contributed by atoms with van der Waals surface area (Å²) in [7, 11) is 0. The normalized spacial score (nSPS) is 19.8. The molecule has 0 radical (unpaired) electrons. The van der Waals surface area contributed by atoms with Gasteiger partial charge in [-0.1, -0.05) is 29.2 Å². The van der Waals surface area contributed by atoms with Crippen LogP contribution in [0.4, 0.5) is 0 Å². The Morgan fingerprint density at radius 3 is 2.73 bits per heavy atom. The van der Waals surface area contributed by atoms with Crippen LogP contribution in [0.1, 0.15) is 47.0 Å². The van der Waals surface area contributed by atoms with Crippen LogP contribution in [0.5, 0.6) is 11.5 Å². The third-order valence-corrected chi connectivity index (χ3v) is 8.52. The number of hydrogen-bond donors (Lipinski definition) is 1. The van der Waals surface area contributed by atoms with Gasteiger partial charge in [0.1, 0.15) is 16.2 Å². The van der Waals surface area contributed by atoms with Crippen molar-refractivity contribution in [3.63, 3.8) is 0 Å². The Balaban J connectivity index is 1.28. The predicted molar refractivity (Wildman–Crippen MR) is 138 cm³/mol. The summed E-state index contributed by atoms with van der Waals surface area (Å²) in [6.07, 6.45) is 4.38. The van der Waals surface area contributed by atoms with Crippen LogP contribution in [-0.2, 0) is 27.3 Å². The number of thiazole rings is 1. The molecular formula is C29H29NO6S. The quantitative estimate of drug-likeness (QED) is 0.231. The molecule has 1 N–H and O–H groups in total. The van der Waals surface area contributed by atoms with E-state index in [0.717, 1.165) is 43.6 Å². The fourth-order valence-electron chi connectivity index (χ4n) is 4.91. The zero-order chi connectivity index (χ0) is 26.5. The molecule has 2 aliphatic rings. The molecule has 0 spiro atoms. The lowest BCUT2D eigenvalue weighted by atomic mass is 9.87. The number of rotatable bonds is 6. The number of ketones is 1. The molecule has 1 aromatic heterocycles. The molecule has 0 bridgehead atoms. The Kier molecular flexibility index (Phi) is 6.31. The van der Waals surface area contributed by atoms with E-state index in [1.165, 1.54) is 11.3 Å². The summed E-state index contributed by atoms with van der Waals surface area (Å²) in [5, 5.41) is 23.0. The number of ether oxygens (including phenoxy) is 2. The minimum atomic E-state index is -1.10. The summed E-state index contributed by atoms with van der Waals surface area (Å²) in [4.78, 5) is 24.9. The predicted octanol–water partition coefficient (Wildman–Crippen LogP) is 3.75. The highest BCUT2D eigenvalue weighted by Crippen LogP contribution is 2.43. The zero-order valence-corrected chi connectivity index (χ0v) is 22.2. The summed E-state index contributed by atoms with van der Waals surface area (Å²) >= 11 is 1.51. The van der Waals surface area contributed by atoms with E-state index in [-0.39, 0.29) is 29.5 Å². The maximum absolute atomic E-state index is 13.1. The van der Waals surface area contributed by atoms with Crippen molar-refractivity contribution in [2.45, 2.75) is 59.1 Å². The zero-order valence-electron chi connectivity index (χ0n) is 21.3. The smallest absolute Gasteiger partial charge is 0.350 e. The number of phenols is 1. The molecule has 1 aliphatic carbocycles. The second-order valence-corrected chi connectivity index (χ2v) is 10.9. The highest BCUT2D eigenvalue weighted by atomic mass is 32.1. The largest absolute Gasteiger partial charge is 0.872 e. The first kappa shape index (κ1) is 25.0. The first-order valence-corrected chi connectivity index (χ1v) is 13.2. The minimum absolute atomic E-state index is 0.198. The number of carbonyl (C=O) groups excluding carboxylic acids is 2. The maximum Gasteiger partial charge on any atom is 0.350 e. The van der Waals surface area contributed by atoms with E-state index in [9.17, 15) is 19.8 Å². The number of aromatic nitrogens is 1. The van der Waals surface area contributed by atoms with E-state index in [4.69, 9.17) is 9.47 Å². The molecule has 192 valence electrons. The Morgan fingerprint density at radius 1 is 1.24 bits per heavy atom. The number of benzene rings is 2. The van der Waals surface area contributed by atoms with Crippen LogP contribution in [0.15, 0.2) is 41.7 Å². The standard InChI is InChI=1S/C29H29NO6S/c1-16-17(2)27-19(18(3)26(16)33)10-11-29(4,36-27)28(34)35-13-7-12-30-21-8-5-6-9-24(21)37-25(30)14-20-22(31)15-23(20)32/h5-6,8-9,14-15H,7,10-13H2,1-4H3,(H-,31,32,33). The Labute approximate surface area is 219 Å². The van der Waals surface area contributed by atoms with Crippen molar-refractivity contribution in [3.8, 4) is 11.5 Å². The topological polar surface area (TPSA) is 99.8 Å². The lowest BCUT2D eigenvalue weighted by Gasteiger charge is -2.35. The summed E-state index contributed by atoms with van der Waals surface area (Å²) in [6, 6.07) is 7.89. The molecule has 0 fully saturated rings. The van der Waals surface area contributed by atoms with Crippen LogP contribution in [0.2, 0.25) is 0 Å². The number of esters is 1. The van der Waals surface area contributed by atoms with Crippen molar-refractivity contribution < 1.29 is 33.8 Å². The number of nitrogens with zero attached hydrogens (tertiary/aromatic N) is 1. The van der Waals surface area contributed by atoms with Crippen molar-refractivity contribution in [1.29, 1.82) is 0 Å². The fraction of sp³-hybridized carbons (Fsp3) is 0.345. The average Bonchev–Trinajstić information content (AvgIpc) is 3.24. The molecular weight excluding hydrogens is 490 g/mol. The lowest BCUT2D eigenvalue weighted by molar-refractivity contribution is -0.669. The molecule has 2 aromatic carbocycles. The van der Waals surface area contributed by atoms with E-state index in [2.05, 4.69) is 4.57 Å². The second-order valence-electron chi connectivity index (χ2n) is 9.84. The molecule has 3 aromatic rings. The minimum Gasteiger partial charge on any atom is -0.872 e. The van der Waals surface area contributed by atoms with Gasteiger partial charge in [0.2, 0.25) is 11.1 Å². The second kappa shape index (κ2) is 9.34. The average molecular weight is 520 g/mol. The van der Waals surface area contributed by atoms with Crippen LogP contribution >= 0.6 is 11.3 Å². The summed E-state index contributed by atoms with van der Waals surface area (Å²) < 4.78 is 15.0. The van der Waals surface area contributed by atoms with Gasteiger partial charge in [0.25, 0.3) is 5.01 Å². The Hall–Kier alpha value is -3.65. The van der Waals surface area contributed by atoms with Gasteiger partial charge in [-0.05, 0) is 62.9 Å². The molecule has 0 amide bonds. The number of aromatic hydroxyl groups is 1. The maximum atomic E-state index is 13.1. The molecule has 0 saturated heterocycles. The summed E-state index contributed by atoms with van der Waals surface area (Å²) in [5.41, 5.74) is 3.41. The number of carbonyl (C=O) groups is 2. The van der Waals surface area contributed by atoms with Crippen molar-refractivity contribution in [2.24, 2.45) is 0 Å².